The van der Waals surface area contributed by atoms with Crippen molar-refractivity contribution in [1.82, 2.24) is 10.2 Å². The van der Waals surface area contributed by atoms with Crippen LogP contribution in [0.2, 0.25) is 0 Å². The monoisotopic (exact) mass is 428 g/mol. The largest absolute Gasteiger partial charge is 0.513 e. The molecule has 3 rings (SSSR count). The molecule has 2 amide bonds. The number of rotatable bonds is 7. The smallest absolute Gasteiger partial charge is 0.434 e. The van der Waals surface area contributed by atoms with E-state index >= 15 is 0 Å². The van der Waals surface area contributed by atoms with E-state index in [4.69, 9.17) is 9.47 Å². The molecule has 0 radical (unpaired) electrons. The second-order valence-corrected chi connectivity index (χ2v) is 8.19. The molecule has 2 aliphatic rings. The Bertz CT molecular complexity index is 776. The lowest BCUT2D eigenvalue weighted by Crippen LogP contribution is -2.41. The van der Waals surface area contributed by atoms with Gasteiger partial charge in [-0.15, -0.1) is 0 Å². The summed E-state index contributed by atoms with van der Waals surface area (Å²) in [5.41, 5.74) is 0.556. The molecule has 1 heterocycles. The third-order valence-electron chi connectivity index (χ3n) is 5.95. The lowest BCUT2D eigenvalue weighted by atomic mass is 9.96. The van der Waals surface area contributed by atoms with Crippen LogP contribution >= 0.6 is 0 Å². The Balaban J connectivity index is 1.39. The van der Waals surface area contributed by atoms with Crippen LogP contribution in [-0.2, 0) is 9.53 Å². The molecule has 0 atom stereocenters. The Morgan fingerprint density at radius 3 is 2.39 bits per heavy atom. The zero-order valence-electron chi connectivity index (χ0n) is 18.2. The lowest BCUT2D eigenvalue weighted by molar-refractivity contribution is -0.116. The summed E-state index contributed by atoms with van der Waals surface area (Å²) >= 11 is 0. The molecule has 1 aromatic rings. The molecule has 31 heavy (non-hydrogen) atoms. The molecule has 0 spiro atoms. The van der Waals surface area contributed by atoms with Crippen molar-refractivity contribution in [2.24, 2.45) is 11.8 Å². The topological polar surface area (TPSA) is 84.9 Å². The second kappa shape index (κ2) is 11.5. The van der Waals surface area contributed by atoms with Gasteiger partial charge in [-0.25, -0.2) is 4.79 Å². The zero-order chi connectivity index (χ0) is 22.1. The minimum Gasteiger partial charge on any atom is -0.434 e. The fraction of sp³-hybridized carbons (Fsp3) is 0.542. The minimum absolute atomic E-state index is 0.0180. The lowest BCUT2D eigenvalue weighted by Gasteiger charge is -2.32. The average molecular weight is 429 g/mol. The van der Waals surface area contributed by atoms with Crippen LogP contribution in [0.15, 0.2) is 36.4 Å². The van der Waals surface area contributed by atoms with Gasteiger partial charge in [0, 0.05) is 25.2 Å². The van der Waals surface area contributed by atoms with Crippen LogP contribution in [0, 0.1) is 11.8 Å². The molecule has 1 aromatic carbocycles. The van der Waals surface area contributed by atoms with E-state index in [1.165, 1.54) is 25.7 Å². The fourth-order valence-electron chi connectivity index (χ4n) is 4.11. The van der Waals surface area contributed by atoms with Crippen LogP contribution in [0.25, 0.3) is 0 Å². The first-order valence-corrected chi connectivity index (χ1v) is 11.2. The molecule has 1 aliphatic heterocycles. The predicted octanol–water partition coefficient (Wildman–Crippen LogP) is 3.94. The molecule has 1 aliphatic carbocycles. The van der Waals surface area contributed by atoms with Crippen LogP contribution < -0.4 is 10.1 Å². The first-order chi connectivity index (χ1) is 15.0. The number of piperidine rings is 1. The highest BCUT2D eigenvalue weighted by atomic mass is 16.7. The molecule has 1 N–H and O–H groups in total. The van der Waals surface area contributed by atoms with Gasteiger partial charge in [0.05, 0.1) is 6.61 Å². The Kier molecular flexibility index (Phi) is 8.50. The van der Waals surface area contributed by atoms with Gasteiger partial charge >= 0.3 is 6.16 Å². The Labute approximate surface area is 183 Å². The first-order valence-electron chi connectivity index (χ1n) is 11.2. The van der Waals surface area contributed by atoms with E-state index in [0.29, 0.717) is 42.8 Å². The van der Waals surface area contributed by atoms with Crippen molar-refractivity contribution in [3.63, 3.8) is 0 Å². The highest BCUT2D eigenvalue weighted by Gasteiger charge is 2.24. The van der Waals surface area contributed by atoms with Crippen LogP contribution in [0.3, 0.4) is 0 Å². The normalized spacial score (nSPS) is 17.6. The zero-order valence-corrected chi connectivity index (χ0v) is 18.2. The number of amides is 2. The second-order valence-electron chi connectivity index (χ2n) is 8.19. The van der Waals surface area contributed by atoms with Crippen molar-refractivity contribution in [3.8, 4) is 5.75 Å². The maximum absolute atomic E-state index is 12.7. The molecule has 0 unspecified atom stereocenters. The molecule has 7 nitrogen and oxygen atoms in total. The Hall–Kier alpha value is -2.83. The summed E-state index contributed by atoms with van der Waals surface area (Å²) in [6.07, 6.45) is 9.61. The number of carbonyl (C=O) groups is 3. The number of nitrogens with one attached hydrogen (secondary N) is 1. The Morgan fingerprint density at radius 1 is 1.06 bits per heavy atom. The number of hydrogen-bond acceptors (Lipinski definition) is 5. The first kappa shape index (κ1) is 22.8. The van der Waals surface area contributed by atoms with Gasteiger partial charge in [-0.1, -0.05) is 18.9 Å². The molecule has 7 heteroatoms. The molecule has 0 aromatic heterocycles. The van der Waals surface area contributed by atoms with E-state index in [9.17, 15) is 14.4 Å². The number of hydrogen-bond donors (Lipinski definition) is 1. The van der Waals surface area contributed by atoms with E-state index in [1.54, 1.807) is 37.3 Å². The van der Waals surface area contributed by atoms with Crippen LogP contribution in [0.4, 0.5) is 4.79 Å². The van der Waals surface area contributed by atoms with Gasteiger partial charge in [0.2, 0.25) is 5.91 Å². The third-order valence-corrected chi connectivity index (χ3v) is 5.95. The molecule has 1 saturated carbocycles. The van der Waals surface area contributed by atoms with Crippen molar-refractivity contribution >= 4 is 18.0 Å². The predicted molar refractivity (Wildman–Crippen MR) is 117 cm³/mol. The van der Waals surface area contributed by atoms with Gasteiger partial charge < -0.3 is 19.7 Å². The van der Waals surface area contributed by atoms with Crippen molar-refractivity contribution in [3.05, 3.63) is 42.0 Å². The number of carbonyl (C=O) groups excluding carboxylic acids is 3. The highest BCUT2D eigenvalue weighted by molar-refractivity contribution is 5.94. The highest BCUT2D eigenvalue weighted by Crippen LogP contribution is 2.25. The summed E-state index contributed by atoms with van der Waals surface area (Å²) in [4.78, 5) is 37.9. The van der Waals surface area contributed by atoms with Gasteiger partial charge in [-0.2, -0.15) is 0 Å². The number of allylic oxidation sites excluding steroid dienone is 1. The van der Waals surface area contributed by atoms with Gasteiger partial charge in [-0.3, -0.25) is 9.59 Å². The summed E-state index contributed by atoms with van der Waals surface area (Å²) in [6, 6.07) is 6.48. The number of benzene rings is 1. The maximum Gasteiger partial charge on any atom is 0.513 e. The molecular formula is C24H32N2O5. The third kappa shape index (κ3) is 7.12. The van der Waals surface area contributed by atoms with E-state index in [0.717, 1.165) is 12.8 Å². The summed E-state index contributed by atoms with van der Waals surface area (Å²) in [7, 11) is 0. The van der Waals surface area contributed by atoms with E-state index in [2.05, 4.69) is 5.32 Å². The van der Waals surface area contributed by atoms with E-state index in [1.807, 2.05) is 11.0 Å². The fourth-order valence-corrected chi connectivity index (χ4v) is 4.11. The molecule has 2 fully saturated rings. The average Bonchev–Trinajstić information content (AvgIpc) is 3.30. The number of likely N-dealkylation sites (tertiary alicyclic amines) is 1. The van der Waals surface area contributed by atoms with Crippen LogP contribution in [0.1, 0.15) is 55.8 Å². The van der Waals surface area contributed by atoms with Crippen molar-refractivity contribution < 1.29 is 23.9 Å². The minimum atomic E-state index is -0.759. The van der Waals surface area contributed by atoms with Gasteiger partial charge in [-0.05, 0) is 74.8 Å². The maximum atomic E-state index is 12.7. The molecule has 168 valence electrons. The van der Waals surface area contributed by atoms with Crippen LogP contribution in [-0.4, -0.2) is 49.1 Å². The summed E-state index contributed by atoms with van der Waals surface area (Å²) in [5.74, 6) is 1.23. The number of nitrogens with zero attached hydrogens (tertiary/aromatic N) is 1. The van der Waals surface area contributed by atoms with Crippen molar-refractivity contribution in [1.29, 1.82) is 0 Å². The summed E-state index contributed by atoms with van der Waals surface area (Å²) < 4.78 is 9.75. The molecular weight excluding hydrogens is 396 g/mol. The molecule has 1 saturated heterocycles. The summed E-state index contributed by atoms with van der Waals surface area (Å²) in [5, 5.41) is 3.00. The Morgan fingerprint density at radius 2 is 1.74 bits per heavy atom. The molecule has 0 bridgehead atoms. The van der Waals surface area contributed by atoms with Crippen LogP contribution in [0.5, 0.6) is 5.75 Å². The van der Waals surface area contributed by atoms with Crippen molar-refractivity contribution in [2.45, 2.75) is 45.4 Å². The van der Waals surface area contributed by atoms with Gasteiger partial charge in [0.1, 0.15) is 5.75 Å². The standard InChI is InChI=1S/C24H32N2O5/c1-2-30-24(29)31-21-10-8-20(9-11-21)23(28)26-15-13-19(14-16-26)17-25-22(27)12-7-18-5-3-4-6-18/h7-12,18-19H,2-6,13-17H2,1H3,(H,25,27)/b12-7+. The van der Waals surface area contributed by atoms with E-state index < -0.39 is 6.16 Å². The van der Waals surface area contributed by atoms with Crippen molar-refractivity contribution in [2.75, 3.05) is 26.2 Å². The quantitative estimate of drug-likeness (QED) is 0.404. The van der Waals surface area contributed by atoms with Gasteiger partial charge in [0.25, 0.3) is 5.91 Å². The summed E-state index contributed by atoms with van der Waals surface area (Å²) in [6.45, 7) is 3.92. The number of ether oxygens (including phenoxy) is 2. The van der Waals surface area contributed by atoms with E-state index in [-0.39, 0.29) is 18.4 Å². The van der Waals surface area contributed by atoms with Gasteiger partial charge in [0.15, 0.2) is 0 Å². The SMILES string of the molecule is CCOC(=O)Oc1ccc(C(=O)N2CCC(CNC(=O)/C=C/C3CCCC3)CC2)cc1.